The average Bonchev–Trinajstić information content (AvgIpc) is 2.40. The van der Waals surface area contributed by atoms with Crippen LogP contribution in [0.2, 0.25) is 0 Å². The van der Waals surface area contributed by atoms with Gasteiger partial charge in [0.1, 0.15) is 12.0 Å². The standard InChI is InChI=1S/C11H16N4O3/c16-8-7-13-3-5-14(6-4-13)11-2-1-10(9-12-11)15(17)18/h1-2,9,16H,3-8H2. The predicted molar refractivity (Wildman–Crippen MR) is 66.6 cm³/mol. The van der Waals surface area contributed by atoms with Gasteiger partial charge in [-0.1, -0.05) is 0 Å². The first kappa shape index (κ1) is 12.7. The van der Waals surface area contributed by atoms with Crippen molar-refractivity contribution < 1.29 is 10.0 Å². The molecule has 1 aromatic heterocycles. The second-order valence-corrected chi connectivity index (χ2v) is 4.18. The molecule has 7 heteroatoms. The number of aromatic nitrogens is 1. The number of rotatable bonds is 4. The van der Waals surface area contributed by atoms with Crippen molar-refractivity contribution in [1.82, 2.24) is 9.88 Å². The van der Waals surface area contributed by atoms with Gasteiger partial charge in [0.05, 0.1) is 11.5 Å². The number of nitrogens with zero attached hydrogens (tertiary/aromatic N) is 4. The quantitative estimate of drug-likeness (QED) is 0.604. The smallest absolute Gasteiger partial charge is 0.287 e. The molecule has 0 unspecified atom stereocenters. The number of piperazine rings is 1. The Hall–Kier alpha value is -1.73. The second kappa shape index (κ2) is 5.74. The molecule has 1 fully saturated rings. The number of hydrogen-bond donors (Lipinski definition) is 1. The molecule has 0 amide bonds. The van der Waals surface area contributed by atoms with Gasteiger partial charge in [0.15, 0.2) is 0 Å². The first-order valence-corrected chi connectivity index (χ1v) is 5.89. The molecule has 18 heavy (non-hydrogen) atoms. The van der Waals surface area contributed by atoms with Crippen molar-refractivity contribution in [2.75, 3.05) is 44.2 Å². The van der Waals surface area contributed by atoms with Crippen LogP contribution in [0.25, 0.3) is 0 Å². The summed E-state index contributed by atoms with van der Waals surface area (Å²) in [6.45, 7) is 4.27. The number of β-amino-alcohol motifs (C(OH)–C–C–N with tert-alkyl or cyclic N) is 1. The molecule has 0 saturated carbocycles. The molecule has 7 nitrogen and oxygen atoms in total. The highest BCUT2D eigenvalue weighted by Crippen LogP contribution is 2.17. The normalized spacial score (nSPS) is 16.8. The van der Waals surface area contributed by atoms with Gasteiger partial charge >= 0.3 is 0 Å². The zero-order chi connectivity index (χ0) is 13.0. The van der Waals surface area contributed by atoms with Crippen molar-refractivity contribution in [2.24, 2.45) is 0 Å². The van der Waals surface area contributed by atoms with Crippen LogP contribution in [0, 0.1) is 10.1 Å². The molecule has 0 aromatic carbocycles. The van der Waals surface area contributed by atoms with Gasteiger partial charge in [0, 0.05) is 38.8 Å². The maximum Gasteiger partial charge on any atom is 0.287 e. The monoisotopic (exact) mass is 252 g/mol. The Balaban J connectivity index is 1.95. The molecule has 1 aliphatic heterocycles. The number of aliphatic hydroxyl groups is 1. The summed E-state index contributed by atoms with van der Waals surface area (Å²) >= 11 is 0. The number of pyridine rings is 1. The maximum absolute atomic E-state index is 10.5. The van der Waals surface area contributed by atoms with E-state index in [1.807, 2.05) is 0 Å². The van der Waals surface area contributed by atoms with E-state index >= 15 is 0 Å². The minimum absolute atomic E-state index is 0.0117. The van der Waals surface area contributed by atoms with Crippen LogP contribution in [-0.4, -0.2) is 59.2 Å². The molecule has 2 rings (SSSR count). The van der Waals surface area contributed by atoms with Crippen LogP contribution >= 0.6 is 0 Å². The molecular formula is C11H16N4O3. The van der Waals surface area contributed by atoms with Crippen molar-refractivity contribution in [1.29, 1.82) is 0 Å². The Kier molecular flexibility index (Phi) is 4.06. The van der Waals surface area contributed by atoms with E-state index in [1.54, 1.807) is 6.07 Å². The van der Waals surface area contributed by atoms with E-state index in [-0.39, 0.29) is 12.3 Å². The summed E-state index contributed by atoms with van der Waals surface area (Å²) in [6.07, 6.45) is 1.29. The first-order chi connectivity index (χ1) is 8.70. The van der Waals surface area contributed by atoms with E-state index < -0.39 is 4.92 Å². The lowest BCUT2D eigenvalue weighted by Gasteiger charge is -2.34. The van der Waals surface area contributed by atoms with E-state index in [1.165, 1.54) is 12.3 Å². The highest BCUT2D eigenvalue weighted by atomic mass is 16.6. The van der Waals surface area contributed by atoms with E-state index in [4.69, 9.17) is 5.11 Å². The zero-order valence-electron chi connectivity index (χ0n) is 10.0. The molecule has 0 aliphatic carbocycles. The molecule has 2 heterocycles. The molecule has 0 radical (unpaired) electrons. The molecule has 1 aromatic rings. The van der Waals surface area contributed by atoms with Crippen LogP contribution in [0.5, 0.6) is 0 Å². The minimum atomic E-state index is -0.448. The Morgan fingerprint density at radius 2 is 2.06 bits per heavy atom. The van der Waals surface area contributed by atoms with Crippen LogP contribution in [0.15, 0.2) is 18.3 Å². The summed E-state index contributed by atoms with van der Waals surface area (Å²) < 4.78 is 0. The van der Waals surface area contributed by atoms with Gasteiger partial charge in [0.25, 0.3) is 5.69 Å². The van der Waals surface area contributed by atoms with Crippen LogP contribution in [0.1, 0.15) is 0 Å². The third-order valence-corrected chi connectivity index (χ3v) is 3.06. The molecule has 1 N–H and O–H groups in total. The van der Waals surface area contributed by atoms with Crippen LogP contribution < -0.4 is 4.90 Å². The fourth-order valence-corrected chi connectivity index (χ4v) is 2.02. The Bertz CT molecular complexity index is 401. The van der Waals surface area contributed by atoms with E-state index in [0.717, 1.165) is 32.0 Å². The predicted octanol–water partition coefficient (Wildman–Crippen LogP) is 0.104. The molecule has 98 valence electrons. The first-order valence-electron chi connectivity index (χ1n) is 5.89. The van der Waals surface area contributed by atoms with Gasteiger partial charge in [-0.25, -0.2) is 4.98 Å². The van der Waals surface area contributed by atoms with Crippen molar-refractivity contribution in [3.05, 3.63) is 28.4 Å². The zero-order valence-corrected chi connectivity index (χ0v) is 10.0. The van der Waals surface area contributed by atoms with Gasteiger partial charge in [-0.2, -0.15) is 0 Å². The van der Waals surface area contributed by atoms with Crippen molar-refractivity contribution >= 4 is 11.5 Å². The fraction of sp³-hybridized carbons (Fsp3) is 0.545. The summed E-state index contributed by atoms with van der Waals surface area (Å²) in [5.74, 6) is 0.768. The number of aliphatic hydroxyl groups excluding tert-OH is 1. The highest BCUT2D eigenvalue weighted by Gasteiger charge is 2.18. The van der Waals surface area contributed by atoms with Crippen molar-refractivity contribution in [2.45, 2.75) is 0 Å². The molecule has 1 aliphatic rings. The van der Waals surface area contributed by atoms with Gasteiger partial charge in [-0.15, -0.1) is 0 Å². The number of anilines is 1. The Morgan fingerprint density at radius 1 is 1.33 bits per heavy atom. The average molecular weight is 252 g/mol. The highest BCUT2D eigenvalue weighted by molar-refractivity contribution is 5.43. The van der Waals surface area contributed by atoms with Crippen LogP contribution in [-0.2, 0) is 0 Å². The molecular weight excluding hydrogens is 236 g/mol. The Morgan fingerprint density at radius 3 is 2.56 bits per heavy atom. The third kappa shape index (κ3) is 2.93. The van der Waals surface area contributed by atoms with E-state index in [9.17, 15) is 10.1 Å². The summed E-state index contributed by atoms with van der Waals surface area (Å²) in [5, 5.41) is 19.4. The summed E-state index contributed by atoms with van der Waals surface area (Å²) in [7, 11) is 0. The minimum Gasteiger partial charge on any atom is -0.395 e. The van der Waals surface area contributed by atoms with Gasteiger partial charge in [-0.3, -0.25) is 15.0 Å². The molecule has 0 atom stereocenters. The van der Waals surface area contributed by atoms with E-state index in [0.29, 0.717) is 6.54 Å². The second-order valence-electron chi connectivity index (χ2n) is 4.18. The Labute approximate surface area is 105 Å². The van der Waals surface area contributed by atoms with Gasteiger partial charge in [0.2, 0.25) is 0 Å². The lowest BCUT2D eigenvalue weighted by atomic mass is 10.3. The van der Waals surface area contributed by atoms with Crippen LogP contribution in [0.3, 0.4) is 0 Å². The van der Waals surface area contributed by atoms with Gasteiger partial charge < -0.3 is 10.0 Å². The molecule has 0 bridgehead atoms. The largest absolute Gasteiger partial charge is 0.395 e. The van der Waals surface area contributed by atoms with Gasteiger partial charge in [-0.05, 0) is 6.07 Å². The molecule has 0 spiro atoms. The maximum atomic E-state index is 10.5. The van der Waals surface area contributed by atoms with Crippen molar-refractivity contribution in [3.8, 4) is 0 Å². The number of nitro groups is 1. The third-order valence-electron chi connectivity index (χ3n) is 3.06. The number of hydrogen-bond acceptors (Lipinski definition) is 6. The summed E-state index contributed by atoms with van der Waals surface area (Å²) in [5.41, 5.74) is 0.0117. The lowest BCUT2D eigenvalue weighted by Crippen LogP contribution is -2.47. The molecule has 1 saturated heterocycles. The van der Waals surface area contributed by atoms with E-state index in [2.05, 4.69) is 14.8 Å². The lowest BCUT2D eigenvalue weighted by molar-refractivity contribution is -0.385. The van der Waals surface area contributed by atoms with Crippen LogP contribution in [0.4, 0.5) is 11.5 Å². The summed E-state index contributed by atoms with van der Waals surface area (Å²) in [4.78, 5) is 18.5. The summed E-state index contributed by atoms with van der Waals surface area (Å²) in [6, 6.07) is 3.16. The van der Waals surface area contributed by atoms with Crippen molar-refractivity contribution in [3.63, 3.8) is 0 Å². The topological polar surface area (TPSA) is 82.7 Å². The SMILES string of the molecule is O=[N+]([O-])c1ccc(N2CCN(CCO)CC2)nc1. The fourth-order valence-electron chi connectivity index (χ4n) is 2.02.